The molecular formula is C16H30N4. The quantitative estimate of drug-likeness (QED) is 0.900. The molecule has 1 fully saturated rings. The third-order valence-electron chi connectivity index (χ3n) is 4.65. The SMILES string of the molecule is CCCC1CCCN(C(CN)c2cn(C)nc2C)CC1. The fraction of sp³-hybridized carbons (Fsp3) is 0.812. The maximum Gasteiger partial charge on any atom is 0.0641 e. The Balaban J connectivity index is 2.06. The number of nitrogens with zero attached hydrogens (tertiary/aromatic N) is 3. The molecule has 2 heterocycles. The number of rotatable bonds is 5. The standard InChI is InChI=1S/C16H30N4/c1-4-6-14-7-5-9-20(10-8-14)16(11-17)15-12-19(3)18-13(15)2/h12,14,16H,4-11,17H2,1-3H3. The van der Waals surface area contributed by atoms with Gasteiger partial charge in [0.25, 0.3) is 0 Å². The van der Waals surface area contributed by atoms with E-state index in [0.717, 1.165) is 11.6 Å². The summed E-state index contributed by atoms with van der Waals surface area (Å²) in [4.78, 5) is 2.58. The summed E-state index contributed by atoms with van der Waals surface area (Å²) < 4.78 is 1.91. The Morgan fingerprint density at radius 2 is 2.20 bits per heavy atom. The summed E-state index contributed by atoms with van der Waals surface area (Å²) in [7, 11) is 1.99. The maximum absolute atomic E-state index is 6.08. The molecule has 1 aliphatic rings. The number of hydrogen-bond donors (Lipinski definition) is 1. The fourth-order valence-electron chi connectivity index (χ4n) is 3.61. The van der Waals surface area contributed by atoms with Gasteiger partial charge in [0.15, 0.2) is 0 Å². The highest BCUT2D eigenvalue weighted by Crippen LogP contribution is 2.28. The van der Waals surface area contributed by atoms with Crippen molar-refractivity contribution in [1.82, 2.24) is 14.7 Å². The molecule has 0 bridgehead atoms. The van der Waals surface area contributed by atoms with Gasteiger partial charge in [-0.25, -0.2) is 0 Å². The highest BCUT2D eigenvalue weighted by atomic mass is 15.3. The van der Waals surface area contributed by atoms with Gasteiger partial charge >= 0.3 is 0 Å². The lowest BCUT2D eigenvalue weighted by atomic mass is 9.96. The van der Waals surface area contributed by atoms with E-state index in [4.69, 9.17) is 5.73 Å². The third-order valence-corrected chi connectivity index (χ3v) is 4.65. The molecule has 1 aliphatic heterocycles. The Morgan fingerprint density at radius 1 is 1.40 bits per heavy atom. The van der Waals surface area contributed by atoms with Gasteiger partial charge in [0, 0.05) is 25.4 Å². The molecule has 2 N–H and O–H groups in total. The van der Waals surface area contributed by atoms with Crippen molar-refractivity contribution in [3.8, 4) is 0 Å². The summed E-state index contributed by atoms with van der Waals surface area (Å²) in [6.07, 6.45) is 8.85. The van der Waals surface area contributed by atoms with Crippen molar-refractivity contribution in [2.24, 2.45) is 18.7 Å². The molecule has 0 aliphatic carbocycles. The van der Waals surface area contributed by atoms with Crippen molar-refractivity contribution in [1.29, 1.82) is 0 Å². The minimum absolute atomic E-state index is 0.337. The third kappa shape index (κ3) is 3.61. The van der Waals surface area contributed by atoms with E-state index in [9.17, 15) is 0 Å². The molecule has 2 atom stereocenters. The predicted molar refractivity (Wildman–Crippen MR) is 83.6 cm³/mol. The lowest BCUT2D eigenvalue weighted by Crippen LogP contribution is -2.34. The van der Waals surface area contributed by atoms with Crippen LogP contribution in [0.5, 0.6) is 0 Å². The molecule has 1 saturated heterocycles. The first-order valence-electron chi connectivity index (χ1n) is 8.10. The number of hydrogen-bond acceptors (Lipinski definition) is 3. The predicted octanol–water partition coefficient (Wildman–Crippen LogP) is 2.63. The second-order valence-corrected chi connectivity index (χ2v) is 6.22. The molecule has 20 heavy (non-hydrogen) atoms. The van der Waals surface area contributed by atoms with Crippen LogP contribution in [0.4, 0.5) is 0 Å². The largest absolute Gasteiger partial charge is 0.329 e. The first-order chi connectivity index (χ1) is 9.65. The van der Waals surface area contributed by atoms with E-state index in [1.165, 1.54) is 50.8 Å². The van der Waals surface area contributed by atoms with Gasteiger partial charge in [-0.1, -0.05) is 19.8 Å². The van der Waals surface area contributed by atoms with Crippen LogP contribution in [-0.2, 0) is 7.05 Å². The monoisotopic (exact) mass is 278 g/mol. The number of nitrogens with two attached hydrogens (primary N) is 1. The van der Waals surface area contributed by atoms with Crippen LogP contribution in [0.15, 0.2) is 6.20 Å². The molecular weight excluding hydrogens is 248 g/mol. The highest BCUT2D eigenvalue weighted by Gasteiger charge is 2.25. The molecule has 4 nitrogen and oxygen atoms in total. The van der Waals surface area contributed by atoms with Crippen molar-refractivity contribution in [2.75, 3.05) is 19.6 Å². The van der Waals surface area contributed by atoms with Gasteiger partial charge in [0.05, 0.1) is 11.7 Å². The van der Waals surface area contributed by atoms with E-state index in [1.807, 2.05) is 11.7 Å². The lowest BCUT2D eigenvalue weighted by molar-refractivity contribution is 0.206. The topological polar surface area (TPSA) is 47.1 Å². The molecule has 4 heteroatoms. The summed E-state index contributed by atoms with van der Waals surface area (Å²) >= 11 is 0. The molecule has 0 radical (unpaired) electrons. The van der Waals surface area contributed by atoms with E-state index in [2.05, 4.69) is 30.0 Å². The van der Waals surface area contributed by atoms with E-state index in [1.54, 1.807) is 0 Å². The first kappa shape index (κ1) is 15.5. The lowest BCUT2D eigenvalue weighted by Gasteiger charge is -2.29. The smallest absolute Gasteiger partial charge is 0.0641 e. The number of aromatic nitrogens is 2. The molecule has 0 saturated carbocycles. The Bertz CT molecular complexity index is 413. The molecule has 0 aromatic carbocycles. The molecule has 114 valence electrons. The minimum atomic E-state index is 0.337. The normalized spacial score (nSPS) is 22.7. The molecule has 0 amide bonds. The van der Waals surface area contributed by atoms with Crippen molar-refractivity contribution in [3.63, 3.8) is 0 Å². The van der Waals surface area contributed by atoms with Gasteiger partial charge in [0.1, 0.15) is 0 Å². The summed E-state index contributed by atoms with van der Waals surface area (Å²) in [5.41, 5.74) is 8.51. The van der Waals surface area contributed by atoms with Gasteiger partial charge in [-0.3, -0.25) is 9.58 Å². The van der Waals surface area contributed by atoms with E-state index in [-0.39, 0.29) is 0 Å². The average Bonchev–Trinajstić information content (AvgIpc) is 2.63. The van der Waals surface area contributed by atoms with Crippen LogP contribution < -0.4 is 5.73 Å². The zero-order valence-corrected chi connectivity index (χ0v) is 13.3. The average molecular weight is 278 g/mol. The molecule has 1 aromatic rings. The van der Waals surface area contributed by atoms with E-state index < -0.39 is 0 Å². The van der Waals surface area contributed by atoms with E-state index in [0.29, 0.717) is 12.6 Å². The Morgan fingerprint density at radius 3 is 2.80 bits per heavy atom. The summed E-state index contributed by atoms with van der Waals surface area (Å²) in [6.45, 7) is 7.43. The van der Waals surface area contributed by atoms with Gasteiger partial charge < -0.3 is 5.73 Å². The zero-order valence-electron chi connectivity index (χ0n) is 13.3. The number of likely N-dealkylation sites (tertiary alicyclic amines) is 1. The van der Waals surface area contributed by atoms with Crippen LogP contribution in [0.25, 0.3) is 0 Å². The van der Waals surface area contributed by atoms with Crippen LogP contribution in [-0.4, -0.2) is 34.3 Å². The first-order valence-corrected chi connectivity index (χ1v) is 8.10. The Kier molecular flexibility index (Phi) is 5.61. The van der Waals surface area contributed by atoms with E-state index >= 15 is 0 Å². The summed E-state index contributed by atoms with van der Waals surface area (Å²) in [6, 6.07) is 0.337. The van der Waals surface area contributed by atoms with Gasteiger partial charge in [-0.15, -0.1) is 0 Å². The molecule has 0 spiro atoms. The summed E-state index contributed by atoms with van der Waals surface area (Å²) in [5.74, 6) is 0.915. The van der Waals surface area contributed by atoms with Crippen LogP contribution >= 0.6 is 0 Å². The fourth-order valence-corrected chi connectivity index (χ4v) is 3.61. The van der Waals surface area contributed by atoms with Crippen molar-refractivity contribution >= 4 is 0 Å². The number of aryl methyl sites for hydroxylation is 2. The highest BCUT2D eigenvalue weighted by molar-refractivity contribution is 5.20. The maximum atomic E-state index is 6.08. The minimum Gasteiger partial charge on any atom is -0.329 e. The van der Waals surface area contributed by atoms with Crippen molar-refractivity contribution in [3.05, 3.63) is 17.5 Å². The molecule has 2 rings (SSSR count). The molecule has 2 unspecified atom stereocenters. The van der Waals surface area contributed by atoms with Gasteiger partial charge in [-0.2, -0.15) is 5.10 Å². The van der Waals surface area contributed by atoms with Crippen LogP contribution in [0.2, 0.25) is 0 Å². The second-order valence-electron chi connectivity index (χ2n) is 6.22. The van der Waals surface area contributed by atoms with Crippen LogP contribution in [0.1, 0.15) is 56.3 Å². The van der Waals surface area contributed by atoms with Gasteiger partial charge in [0.2, 0.25) is 0 Å². The van der Waals surface area contributed by atoms with Crippen molar-refractivity contribution in [2.45, 2.75) is 52.0 Å². The Labute approximate surface area is 123 Å². The van der Waals surface area contributed by atoms with Crippen LogP contribution in [0.3, 0.4) is 0 Å². The molecule has 1 aromatic heterocycles. The Hall–Kier alpha value is -0.870. The zero-order chi connectivity index (χ0) is 14.5. The summed E-state index contributed by atoms with van der Waals surface area (Å²) in [5, 5.41) is 4.48. The van der Waals surface area contributed by atoms with Gasteiger partial charge in [-0.05, 0) is 45.2 Å². The van der Waals surface area contributed by atoms with Crippen molar-refractivity contribution < 1.29 is 0 Å². The second kappa shape index (κ2) is 7.23. The van der Waals surface area contributed by atoms with Crippen LogP contribution in [0, 0.1) is 12.8 Å².